The summed E-state index contributed by atoms with van der Waals surface area (Å²) in [7, 11) is 1.85. The Morgan fingerprint density at radius 2 is 2.36 bits per heavy atom. The molecule has 0 aliphatic carbocycles. The predicted molar refractivity (Wildman–Crippen MR) is 91.4 cm³/mol. The van der Waals surface area contributed by atoms with Gasteiger partial charge in [0.25, 0.3) is 0 Å². The highest BCUT2D eigenvalue weighted by Gasteiger charge is 2.24. The molecule has 2 rings (SSSR count). The number of rotatable bonds is 5. The number of nitrogens with zero attached hydrogens (tertiary/aromatic N) is 4. The van der Waals surface area contributed by atoms with Gasteiger partial charge in [-0.05, 0) is 5.92 Å². The summed E-state index contributed by atoms with van der Waals surface area (Å²) >= 11 is 2.07. The number of hydrogen-bond donors (Lipinski definition) is 1. The van der Waals surface area contributed by atoms with E-state index < -0.39 is 0 Å². The van der Waals surface area contributed by atoms with Crippen molar-refractivity contribution in [3.63, 3.8) is 0 Å². The zero-order valence-corrected chi connectivity index (χ0v) is 14.8. The maximum atomic E-state index is 5.12. The average Bonchev–Trinajstić information content (AvgIpc) is 2.99. The van der Waals surface area contributed by atoms with Gasteiger partial charge in [-0.15, -0.1) is 0 Å². The number of thioether (sulfide) groups is 1. The van der Waals surface area contributed by atoms with Gasteiger partial charge in [0, 0.05) is 50.5 Å². The third-order valence-corrected chi connectivity index (χ3v) is 5.33. The molecule has 1 aliphatic rings. The molecule has 2 heterocycles. The Hall–Kier alpha value is -1.24. The molecule has 1 saturated heterocycles. The number of guanidine groups is 1. The van der Waals surface area contributed by atoms with Gasteiger partial charge in [0.1, 0.15) is 0 Å². The molecule has 0 bridgehead atoms. The Labute approximate surface area is 137 Å². The molecule has 124 valence electrons. The van der Waals surface area contributed by atoms with Crippen LogP contribution in [0, 0.1) is 5.92 Å². The van der Waals surface area contributed by atoms with Gasteiger partial charge in [-0.1, -0.05) is 25.9 Å². The first-order valence-corrected chi connectivity index (χ1v) is 9.07. The Kier molecular flexibility index (Phi) is 6.54. The average molecular weight is 325 g/mol. The van der Waals surface area contributed by atoms with Crippen molar-refractivity contribution in [1.29, 1.82) is 0 Å². The highest BCUT2D eigenvalue weighted by molar-refractivity contribution is 8.00. The molecule has 0 amide bonds. The van der Waals surface area contributed by atoms with E-state index in [4.69, 9.17) is 4.52 Å². The summed E-state index contributed by atoms with van der Waals surface area (Å²) in [6.45, 7) is 9.47. The Morgan fingerprint density at radius 3 is 3.00 bits per heavy atom. The smallest absolute Gasteiger partial charge is 0.226 e. The molecule has 1 atom stereocenters. The molecule has 0 saturated carbocycles. The van der Waals surface area contributed by atoms with E-state index in [1.54, 1.807) is 0 Å². The summed E-state index contributed by atoms with van der Waals surface area (Å²) in [5.41, 5.74) is 0. The standard InChI is InChI=1S/C15H27N5OS/c1-5-14-18-13(19-21-14)6-7-17-15(16-4)20-8-9-22-12(10-20)11(2)3/h11-12H,5-10H2,1-4H3,(H,16,17). The van der Waals surface area contributed by atoms with Crippen molar-refractivity contribution >= 4 is 17.7 Å². The molecule has 0 radical (unpaired) electrons. The summed E-state index contributed by atoms with van der Waals surface area (Å²) < 4.78 is 5.12. The van der Waals surface area contributed by atoms with Crippen LogP contribution in [-0.2, 0) is 12.8 Å². The van der Waals surface area contributed by atoms with E-state index in [1.807, 2.05) is 14.0 Å². The molecule has 1 N–H and O–H groups in total. The van der Waals surface area contributed by atoms with Crippen molar-refractivity contribution in [2.75, 3.05) is 32.4 Å². The molecule has 7 heteroatoms. The SMILES string of the molecule is CCc1nc(CCNC(=NC)N2CCSC(C(C)C)C2)no1. The number of nitrogens with one attached hydrogen (secondary N) is 1. The summed E-state index contributed by atoms with van der Waals surface area (Å²) in [6.07, 6.45) is 1.53. The minimum atomic E-state index is 0.677. The van der Waals surface area contributed by atoms with Crippen LogP contribution in [0.15, 0.2) is 9.52 Å². The van der Waals surface area contributed by atoms with Crippen LogP contribution in [0.25, 0.3) is 0 Å². The molecule has 1 aromatic rings. The van der Waals surface area contributed by atoms with E-state index in [0.717, 1.165) is 50.0 Å². The lowest BCUT2D eigenvalue weighted by Gasteiger charge is -2.36. The van der Waals surface area contributed by atoms with Crippen molar-refractivity contribution in [2.24, 2.45) is 10.9 Å². The van der Waals surface area contributed by atoms with Gasteiger partial charge >= 0.3 is 0 Å². The maximum absolute atomic E-state index is 5.12. The zero-order valence-electron chi connectivity index (χ0n) is 14.0. The van der Waals surface area contributed by atoms with Gasteiger partial charge in [0.15, 0.2) is 11.8 Å². The van der Waals surface area contributed by atoms with Crippen LogP contribution >= 0.6 is 11.8 Å². The summed E-state index contributed by atoms with van der Waals surface area (Å²) in [5.74, 6) is 4.29. The number of aliphatic imine (C=N–C) groups is 1. The monoisotopic (exact) mass is 325 g/mol. The summed E-state index contributed by atoms with van der Waals surface area (Å²) in [6, 6.07) is 0. The van der Waals surface area contributed by atoms with Crippen molar-refractivity contribution in [1.82, 2.24) is 20.4 Å². The van der Waals surface area contributed by atoms with E-state index in [1.165, 1.54) is 0 Å². The highest BCUT2D eigenvalue weighted by atomic mass is 32.2. The topological polar surface area (TPSA) is 66.6 Å². The second kappa shape index (κ2) is 8.41. The Bertz CT molecular complexity index is 488. The van der Waals surface area contributed by atoms with Gasteiger partial charge < -0.3 is 14.7 Å². The third-order valence-electron chi connectivity index (χ3n) is 3.79. The van der Waals surface area contributed by atoms with Crippen LogP contribution in [0.3, 0.4) is 0 Å². The lowest BCUT2D eigenvalue weighted by Crippen LogP contribution is -2.49. The first-order valence-electron chi connectivity index (χ1n) is 8.02. The number of hydrogen-bond acceptors (Lipinski definition) is 5. The van der Waals surface area contributed by atoms with Crippen molar-refractivity contribution < 1.29 is 4.52 Å². The van der Waals surface area contributed by atoms with E-state index >= 15 is 0 Å². The minimum Gasteiger partial charge on any atom is -0.356 e. The third kappa shape index (κ3) is 4.63. The lowest BCUT2D eigenvalue weighted by molar-refractivity contribution is 0.374. The fourth-order valence-corrected chi connectivity index (χ4v) is 3.72. The molecule has 0 spiro atoms. The van der Waals surface area contributed by atoms with Gasteiger partial charge in [0.05, 0.1) is 0 Å². The first-order chi connectivity index (χ1) is 10.6. The van der Waals surface area contributed by atoms with Crippen molar-refractivity contribution in [2.45, 2.75) is 38.9 Å². The van der Waals surface area contributed by atoms with Crippen LogP contribution in [0.1, 0.15) is 32.5 Å². The second-order valence-electron chi connectivity index (χ2n) is 5.78. The van der Waals surface area contributed by atoms with Crippen LogP contribution in [0.2, 0.25) is 0 Å². The lowest BCUT2D eigenvalue weighted by atomic mass is 10.1. The normalized spacial score (nSPS) is 19.8. The molecule has 1 unspecified atom stereocenters. The second-order valence-corrected chi connectivity index (χ2v) is 7.13. The minimum absolute atomic E-state index is 0.677. The van der Waals surface area contributed by atoms with E-state index in [2.05, 4.69) is 51.0 Å². The van der Waals surface area contributed by atoms with Crippen LogP contribution < -0.4 is 5.32 Å². The molecular weight excluding hydrogens is 298 g/mol. The zero-order chi connectivity index (χ0) is 15.9. The number of aryl methyl sites for hydroxylation is 1. The van der Waals surface area contributed by atoms with Crippen LogP contribution in [0.5, 0.6) is 0 Å². The molecule has 1 aromatic heterocycles. The van der Waals surface area contributed by atoms with Gasteiger partial charge in [-0.25, -0.2) is 0 Å². The Balaban J connectivity index is 1.81. The predicted octanol–water partition coefficient (Wildman–Crippen LogP) is 1.82. The van der Waals surface area contributed by atoms with E-state index in [-0.39, 0.29) is 0 Å². The number of aromatic nitrogens is 2. The van der Waals surface area contributed by atoms with Gasteiger partial charge in [-0.2, -0.15) is 16.7 Å². The quantitative estimate of drug-likeness (QED) is 0.658. The molecule has 1 aliphatic heterocycles. The molecular formula is C15H27N5OS. The Morgan fingerprint density at radius 1 is 1.55 bits per heavy atom. The van der Waals surface area contributed by atoms with Gasteiger partial charge in [0.2, 0.25) is 5.89 Å². The molecule has 0 aromatic carbocycles. The summed E-state index contributed by atoms with van der Waals surface area (Å²) in [5, 5.41) is 8.07. The molecule has 22 heavy (non-hydrogen) atoms. The summed E-state index contributed by atoms with van der Waals surface area (Å²) in [4.78, 5) is 11.1. The fraction of sp³-hybridized carbons (Fsp3) is 0.800. The largest absolute Gasteiger partial charge is 0.356 e. The fourth-order valence-electron chi connectivity index (χ4n) is 2.42. The van der Waals surface area contributed by atoms with E-state index in [0.29, 0.717) is 17.1 Å². The van der Waals surface area contributed by atoms with Crippen molar-refractivity contribution in [3.05, 3.63) is 11.7 Å². The van der Waals surface area contributed by atoms with Crippen LogP contribution in [-0.4, -0.2) is 58.7 Å². The van der Waals surface area contributed by atoms with E-state index in [9.17, 15) is 0 Å². The molecule has 6 nitrogen and oxygen atoms in total. The molecule has 1 fully saturated rings. The maximum Gasteiger partial charge on any atom is 0.226 e. The van der Waals surface area contributed by atoms with Crippen molar-refractivity contribution in [3.8, 4) is 0 Å². The highest BCUT2D eigenvalue weighted by Crippen LogP contribution is 2.24. The van der Waals surface area contributed by atoms with Gasteiger partial charge in [-0.3, -0.25) is 4.99 Å². The van der Waals surface area contributed by atoms with Crippen LogP contribution in [0.4, 0.5) is 0 Å². The first kappa shape index (κ1) is 17.1.